The van der Waals surface area contributed by atoms with Gasteiger partial charge >= 0.3 is 0 Å². The van der Waals surface area contributed by atoms with Gasteiger partial charge in [-0.25, -0.2) is 0 Å². The molecule has 1 aliphatic heterocycles. The third-order valence-electron chi connectivity index (χ3n) is 5.78. The average molecular weight is 466 g/mol. The van der Waals surface area contributed by atoms with Crippen LogP contribution >= 0.6 is 11.8 Å². The van der Waals surface area contributed by atoms with Gasteiger partial charge in [-0.1, -0.05) is 90.5 Å². The van der Waals surface area contributed by atoms with Gasteiger partial charge in [-0.15, -0.1) is 0 Å². The molecule has 0 atom stereocenters. The van der Waals surface area contributed by atoms with E-state index < -0.39 is 0 Å². The van der Waals surface area contributed by atoms with Crippen molar-refractivity contribution in [3.05, 3.63) is 118 Å². The third-order valence-corrected chi connectivity index (χ3v) is 6.69. The summed E-state index contributed by atoms with van der Waals surface area (Å²) >= 11 is 0.974. The summed E-state index contributed by atoms with van der Waals surface area (Å²) in [7, 11) is 0. The summed E-state index contributed by atoms with van der Waals surface area (Å²) < 4.78 is 6.17. The Balaban J connectivity index is 1.47. The van der Waals surface area contributed by atoms with Crippen LogP contribution in [0.3, 0.4) is 0 Å². The standard InChI is InChI=1S/C29H23NO3S/c1-20-11-13-21(14-12-20)18-30-28(31)27(34-29(30)32)17-25-24-10-6-5-9-23(24)15-16-26(25)33-19-22-7-3-2-4-8-22/h2-17H,18-19H2,1H3/b27-17+. The van der Waals surface area contributed by atoms with Crippen LogP contribution in [0.2, 0.25) is 0 Å². The zero-order valence-corrected chi connectivity index (χ0v) is 19.5. The minimum absolute atomic E-state index is 0.259. The monoisotopic (exact) mass is 465 g/mol. The molecule has 4 aromatic rings. The number of fused-ring (bicyclic) bond motifs is 1. The molecule has 0 aliphatic carbocycles. The highest BCUT2D eigenvalue weighted by atomic mass is 32.2. The van der Waals surface area contributed by atoms with E-state index in [9.17, 15) is 9.59 Å². The summed E-state index contributed by atoms with van der Waals surface area (Å²) in [6, 6.07) is 29.7. The van der Waals surface area contributed by atoms with Crippen LogP contribution in [-0.2, 0) is 17.9 Å². The molecule has 0 spiro atoms. The lowest BCUT2D eigenvalue weighted by Gasteiger charge is -2.14. The van der Waals surface area contributed by atoms with Crippen molar-refractivity contribution in [2.24, 2.45) is 0 Å². The second-order valence-electron chi connectivity index (χ2n) is 8.23. The molecule has 0 unspecified atom stereocenters. The highest BCUT2D eigenvalue weighted by Gasteiger charge is 2.35. The van der Waals surface area contributed by atoms with Crippen LogP contribution in [0.1, 0.15) is 22.3 Å². The number of imide groups is 1. The third kappa shape index (κ3) is 4.61. The highest BCUT2D eigenvalue weighted by molar-refractivity contribution is 8.18. The molecule has 1 fully saturated rings. The molecule has 4 nitrogen and oxygen atoms in total. The van der Waals surface area contributed by atoms with Crippen molar-refractivity contribution >= 4 is 39.8 Å². The van der Waals surface area contributed by atoms with Crippen molar-refractivity contribution in [1.82, 2.24) is 4.90 Å². The lowest BCUT2D eigenvalue weighted by molar-refractivity contribution is -0.123. The second-order valence-corrected chi connectivity index (χ2v) is 9.22. The van der Waals surface area contributed by atoms with E-state index in [-0.39, 0.29) is 17.7 Å². The van der Waals surface area contributed by atoms with E-state index in [0.717, 1.165) is 44.8 Å². The molecular weight excluding hydrogens is 442 g/mol. The number of thioether (sulfide) groups is 1. The van der Waals surface area contributed by atoms with Crippen molar-refractivity contribution in [3.63, 3.8) is 0 Å². The van der Waals surface area contributed by atoms with Gasteiger partial charge in [0.15, 0.2) is 0 Å². The first-order chi connectivity index (χ1) is 16.6. The molecule has 0 radical (unpaired) electrons. The maximum absolute atomic E-state index is 13.2. The maximum Gasteiger partial charge on any atom is 0.293 e. The van der Waals surface area contributed by atoms with Crippen LogP contribution < -0.4 is 4.74 Å². The molecule has 0 bridgehead atoms. The summed E-state index contributed by atoms with van der Waals surface area (Å²) in [5.74, 6) is 0.394. The number of hydrogen-bond acceptors (Lipinski definition) is 4. The Morgan fingerprint density at radius 1 is 0.824 bits per heavy atom. The first kappa shape index (κ1) is 22.0. The van der Waals surface area contributed by atoms with Crippen LogP contribution in [0.5, 0.6) is 5.75 Å². The van der Waals surface area contributed by atoms with Gasteiger partial charge in [0.1, 0.15) is 12.4 Å². The van der Waals surface area contributed by atoms with Gasteiger partial charge in [0.25, 0.3) is 11.1 Å². The van der Waals surface area contributed by atoms with E-state index in [4.69, 9.17) is 4.74 Å². The van der Waals surface area contributed by atoms with Crippen molar-refractivity contribution in [3.8, 4) is 5.75 Å². The predicted octanol–water partition coefficient (Wildman–Crippen LogP) is 6.96. The molecule has 5 rings (SSSR count). The summed E-state index contributed by atoms with van der Waals surface area (Å²) in [5, 5.41) is 1.75. The Morgan fingerprint density at radius 2 is 1.56 bits per heavy atom. The summed E-state index contributed by atoms with van der Waals surface area (Å²) in [5.41, 5.74) is 3.91. The SMILES string of the molecule is Cc1ccc(CN2C(=O)S/C(=C/c3c(OCc4ccccc4)ccc4ccccc34)C2=O)cc1. The van der Waals surface area contributed by atoms with Crippen LogP contribution in [0.15, 0.2) is 95.9 Å². The molecule has 0 N–H and O–H groups in total. The smallest absolute Gasteiger partial charge is 0.293 e. The predicted molar refractivity (Wildman–Crippen MR) is 137 cm³/mol. The number of benzene rings is 4. The molecule has 168 valence electrons. The fourth-order valence-electron chi connectivity index (χ4n) is 3.93. The van der Waals surface area contributed by atoms with E-state index in [1.54, 1.807) is 6.08 Å². The molecule has 0 aromatic heterocycles. The number of amides is 2. The molecule has 5 heteroatoms. The minimum Gasteiger partial charge on any atom is -0.488 e. The number of hydrogen-bond donors (Lipinski definition) is 0. The molecule has 2 amide bonds. The molecule has 34 heavy (non-hydrogen) atoms. The number of aryl methyl sites for hydroxylation is 1. The first-order valence-electron chi connectivity index (χ1n) is 11.1. The quantitative estimate of drug-likeness (QED) is 0.289. The Morgan fingerprint density at radius 3 is 2.35 bits per heavy atom. The molecular formula is C29H23NO3S. The second kappa shape index (κ2) is 9.57. The molecule has 0 saturated carbocycles. The van der Waals surface area contributed by atoms with Crippen molar-refractivity contribution in [2.45, 2.75) is 20.1 Å². The molecule has 1 aliphatic rings. The zero-order chi connectivity index (χ0) is 23.5. The van der Waals surface area contributed by atoms with E-state index in [1.807, 2.05) is 97.9 Å². The van der Waals surface area contributed by atoms with Crippen LogP contribution in [0, 0.1) is 6.92 Å². The van der Waals surface area contributed by atoms with Crippen molar-refractivity contribution in [2.75, 3.05) is 0 Å². The van der Waals surface area contributed by atoms with E-state index in [2.05, 4.69) is 0 Å². The van der Waals surface area contributed by atoms with Gasteiger partial charge < -0.3 is 4.74 Å². The number of carbonyl (C=O) groups excluding carboxylic acids is 2. The number of nitrogens with zero attached hydrogens (tertiary/aromatic N) is 1. The number of carbonyl (C=O) groups is 2. The average Bonchev–Trinajstić information content (AvgIpc) is 3.12. The summed E-state index contributed by atoms with van der Waals surface area (Å²) in [4.78, 5) is 27.6. The normalized spacial score (nSPS) is 14.9. The van der Waals surface area contributed by atoms with Crippen LogP contribution in [-0.4, -0.2) is 16.0 Å². The fraction of sp³-hybridized carbons (Fsp3) is 0.103. The highest BCUT2D eigenvalue weighted by Crippen LogP contribution is 2.37. The van der Waals surface area contributed by atoms with Crippen molar-refractivity contribution in [1.29, 1.82) is 0 Å². The van der Waals surface area contributed by atoms with Crippen LogP contribution in [0.4, 0.5) is 4.79 Å². The Hall–Kier alpha value is -3.83. The van der Waals surface area contributed by atoms with E-state index in [1.165, 1.54) is 4.90 Å². The molecule has 4 aromatic carbocycles. The lowest BCUT2D eigenvalue weighted by atomic mass is 10.0. The van der Waals surface area contributed by atoms with Crippen LogP contribution in [0.25, 0.3) is 16.8 Å². The fourth-order valence-corrected chi connectivity index (χ4v) is 4.75. The van der Waals surface area contributed by atoms with E-state index >= 15 is 0 Å². The topological polar surface area (TPSA) is 46.6 Å². The largest absolute Gasteiger partial charge is 0.488 e. The minimum atomic E-state index is -0.280. The van der Waals surface area contributed by atoms with E-state index in [0.29, 0.717) is 17.3 Å². The summed E-state index contributed by atoms with van der Waals surface area (Å²) in [6.45, 7) is 2.68. The van der Waals surface area contributed by atoms with Crippen molar-refractivity contribution < 1.29 is 14.3 Å². The van der Waals surface area contributed by atoms with Gasteiger partial charge in [-0.2, -0.15) is 0 Å². The number of rotatable bonds is 6. The van der Waals surface area contributed by atoms with Gasteiger partial charge in [0.05, 0.1) is 11.4 Å². The summed E-state index contributed by atoms with van der Waals surface area (Å²) in [6.07, 6.45) is 1.79. The Bertz CT molecular complexity index is 1390. The van der Waals surface area contributed by atoms with Gasteiger partial charge in [0, 0.05) is 5.56 Å². The number of ether oxygens (including phenoxy) is 1. The maximum atomic E-state index is 13.2. The lowest BCUT2D eigenvalue weighted by Crippen LogP contribution is -2.27. The zero-order valence-electron chi connectivity index (χ0n) is 18.7. The molecule has 1 saturated heterocycles. The Labute approximate surface area is 202 Å². The van der Waals surface area contributed by atoms with Gasteiger partial charge in [-0.05, 0) is 52.7 Å². The first-order valence-corrected chi connectivity index (χ1v) is 11.9. The molecule has 1 heterocycles. The van der Waals surface area contributed by atoms with Gasteiger partial charge in [-0.3, -0.25) is 14.5 Å². The van der Waals surface area contributed by atoms with Gasteiger partial charge in [0.2, 0.25) is 0 Å². The Kier molecular flexibility index (Phi) is 6.19.